The normalized spacial score (nSPS) is 11.5. The SMILES string of the molecule is c1ccc2c(-c3c(Cc4ccc5ccccc5c4-c4cccc5ccccc45)ccc4ccccc34)cccc2c1. The van der Waals surface area contributed by atoms with Crippen molar-refractivity contribution in [2.45, 2.75) is 6.42 Å². The van der Waals surface area contributed by atoms with Gasteiger partial charge in [0.05, 0.1) is 0 Å². The van der Waals surface area contributed by atoms with Crippen LogP contribution in [0.3, 0.4) is 0 Å². The number of benzene rings is 8. The van der Waals surface area contributed by atoms with Crippen molar-refractivity contribution in [2.24, 2.45) is 0 Å². The maximum absolute atomic E-state index is 2.35. The highest BCUT2D eigenvalue weighted by molar-refractivity contribution is 6.08. The molecule has 0 aliphatic carbocycles. The fourth-order valence-electron chi connectivity index (χ4n) is 6.66. The van der Waals surface area contributed by atoms with E-state index in [9.17, 15) is 0 Å². The second-order valence-corrected chi connectivity index (χ2v) is 10.9. The van der Waals surface area contributed by atoms with Crippen LogP contribution in [0.1, 0.15) is 11.1 Å². The maximum atomic E-state index is 2.35. The third kappa shape index (κ3) is 4.00. The fourth-order valence-corrected chi connectivity index (χ4v) is 6.66. The minimum atomic E-state index is 0.840. The number of hydrogen-bond acceptors (Lipinski definition) is 0. The Hall–Kier alpha value is -5.20. The third-order valence-corrected chi connectivity index (χ3v) is 8.53. The summed E-state index contributed by atoms with van der Waals surface area (Å²) >= 11 is 0. The third-order valence-electron chi connectivity index (χ3n) is 8.53. The summed E-state index contributed by atoms with van der Waals surface area (Å²) in [6, 6.07) is 57.8. The van der Waals surface area contributed by atoms with E-state index < -0.39 is 0 Å². The molecule has 0 atom stereocenters. The van der Waals surface area contributed by atoms with E-state index in [-0.39, 0.29) is 0 Å². The van der Waals surface area contributed by atoms with Gasteiger partial charge in [0.15, 0.2) is 0 Å². The molecule has 0 heterocycles. The Bertz CT molecular complexity index is 2060. The van der Waals surface area contributed by atoms with Crippen molar-refractivity contribution >= 4 is 43.1 Å². The minimum absolute atomic E-state index is 0.840. The Balaban J connectivity index is 1.42. The smallest absolute Gasteiger partial charge is 0.00130 e. The lowest BCUT2D eigenvalue weighted by Gasteiger charge is -2.19. The van der Waals surface area contributed by atoms with Crippen LogP contribution in [0, 0.1) is 0 Å². The molecule has 0 fully saturated rings. The van der Waals surface area contributed by atoms with Crippen LogP contribution in [-0.4, -0.2) is 0 Å². The van der Waals surface area contributed by atoms with Crippen LogP contribution < -0.4 is 0 Å². The largest absolute Gasteiger partial charge is 0.0616 e. The van der Waals surface area contributed by atoms with E-state index in [1.54, 1.807) is 0 Å². The van der Waals surface area contributed by atoms with Gasteiger partial charge in [0.1, 0.15) is 0 Å². The van der Waals surface area contributed by atoms with Crippen molar-refractivity contribution in [2.75, 3.05) is 0 Å². The van der Waals surface area contributed by atoms with Crippen molar-refractivity contribution in [3.63, 3.8) is 0 Å². The minimum Gasteiger partial charge on any atom is -0.0616 e. The van der Waals surface area contributed by atoms with Crippen molar-refractivity contribution in [3.05, 3.63) is 169 Å². The van der Waals surface area contributed by atoms with Gasteiger partial charge in [-0.15, -0.1) is 0 Å². The molecule has 0 saturated carbocycles. The molecule has 0 saturated heterocycles. The molecular weight excluding hydrogens is 492 g/mol. The summed E-state index contributed by atoms with van der Waals surface area (Å²) in [5.41, 5.74) is 7.94. The molecule has 8 aromatic carbocycles. The maximum Gasteiger partial charge on any atom is -0.00130 e. The fraction of sp³-hybridized carbons (Fsp3) is 0.0244. The molecule has 0 aliphatic rings. The lowest BCUT2D eigenvalue weighted by atomic mass is 9.84. The summed E-state index contributed by atoms with van der Waals surface area (Å²) in [5, 5.41) is 10.3. The Labute approximate surface area is 240 Å². The van der Waals surface area contributed by atoms with Gasteiger partial charge in [-0.3, -0.25) is 0 Å². The number of hydrogen-bond donors (Lipinski definition) is 0. The zero-order valence-electron chi connectivity index (χ0n) is 22.7. The molecule has 0 unspecified atom stereocenters. The predicted octanol–water partition coefficient (Wildman–Crippen LogP) is 11.2. The lowest BCUT2D eigenvalue weighted by Crippen LogP contribution is -1.98. The van der Waals surface area contributed by atoms with Crippen LogP contribution in [0.4, 0.5) is 0 Å². The highest BCUT2D eigenvalue weighted by Gasteiger charge is 2.17. The first-order valence-electron chi connectivity index (χ1n) is 14.3. The van der Waals surface area contributed by atoms with Crippen molar-refractivity contribution < 1.29 is 0 Å². The molecule has 0 nitrogen and oxygen atoms in total. The zero-order chi connectivity index (χ0) is 27.2. The zero-order valence-corrected chi connectivity index (χ0v) is 22.7. The molecule has 0 radical (unpaired) electrons. The Morgan fingerprint density at radius 3 is 1.05 bits per heavy atom. The quantitative estimate of drug-likeness (QED) is 0.216. The van der Waals surface area contributed by atoms with E-state index in [2.05, 4.69) is 158 Å². The molecule has 0 bridgehead atoms. The van der Waals surface area contributed by atoms with Crippen LogP contribution in [0.25, 0.3) is 65.3 Å². The molecule has 0 aromatic heterocycles. The molecule has 0 spiro atoms. The van der Waals surface area contributed by atoms with Gasteiger partial charge in [0.2, 0.25) is 0 Å². The van der Waals surface area contributed by atoms with Gasteiger partial charge < -0.3 is 0 Å². The van der Waals surface area contributed by atoms with E-state index in [0.29, 0.717) is 0 Å². The number of fused-ring (bicyclic) bond motifs is 4. The monoisotopic (exact) mass is 520 g/mol. The van der Waals surface area contributed by atoms with Gasteiger partial charge in [0, 0.05) is 0 Å². The van der Waals surface area contributed by atoms with Gasteiger partial charge >= 0.3 is 0 Å². The second kappa shape index (κ2) is 9.77. The first-order valence-corrected chi connectivity index (χ1v) is 14.3. The summed E-state index contributed by atoms with van der Waals surface area (Å²) in [7, 11) is 0. The van der Waals surface area contributed by atoms with Gasteiger partial charge in [-0.2, -0.15) is 0 Å². The summed E-state index contributed by atoms with van der Waals surface area (Å²) < 4.78 is 0. The molecule has 192 valence electrons. The molecule has 0 N–H and O–H groups in total. The standard InChI is InChI=1S/C41H28/c1-5-17-34-28(11-1)15-9-21-38(34)40-32(25-23-30-13-3-7-19-36(30)40)27-33-26-24-31-14-4-8-20-37(31)41(33)39-22-10-16-29-12-2-6-18-35(29)39/h1-26H,27H2. The van der Waals surface area contributed by atoms with Gasteiger partial charge in [0.25, 0.3) is 0 Å². The summed E-state index contributed by atoms with van der Waals surface area (Å²) in [6.45, 7) is 0. The molecule has 41 heavy (non-hydrogen) atoms. The second-order valence-electron chi connectivity index (χ2n) is 10.9. The molecule has 8 rings (SSSR count). The molecular formula is C41H28. The highest BCUT2D eigenvalue weighted by atomic mass is 14.2. The van der Waals surface area contributed by atoms with Gasteiger partial charge in [-0.25, -0.2) is 0 Å². The van der Waals surface area contributed by atoms with Gasteiger partial charge in [-0.05, 0) is 82.9 Å². The van der Waals surface area contributed by atoms with E-state index in [1.807, 2.05) is 0 Å². The van der Waals surface area contributed by atoms with Crippen LogP contribution in [-0.2, 0) is 6.42 Å². The van der Waals surface area contributed by atoms with E-state index in [1.165, 1.54) is 76.5 Å². The molecule has 0 heteroatoms. The molecule has 8 aromatic rings. The first-order chi connectivity index (χ1) is 20.3. The average Bonchev–Trinajstić information content (AvgIpc) is 3.04. The van der Waals surface area contributed by atoms with E-state index in [4.69, 9.17) is 0 Å². The van der Waals surface area contributed by atoms with Crippen LogP contribution in [0.15, 0.2) is 158 Å². The predicted molar refractivity (Wildman–Crippen MR) is 177 cm³/mol. The first kappa shape index (κ1) is 23.7. The Kier molecular flexibility index (Phi) is 5.64. The summed E-state index contributed by atoms with van der Waals surface area (Å²) in [6.07, 6.45) is 0.840. The summed E-state index contributed by atoms with van der Waals surface area (Å²) in [4.78, 5) is 0. The van der Waals surface area contributed by atoms with Crippen molar-refractivity contribution in [3.8, 4) is 22.3 Å². The topological polar surface area (TPSA) is 0 Å². The Morgan fingerprint density at radius 2 is 0.610 bits per heavy atom. The van der Waals surface area contributed by atoms with Crippen molar-refractivity contribution in [1.82, 2.24) is 0 Å². The lowest BCUT2D eigenvalue weighted by molar-refractivity contribution is 1.21. The number of rotatable bonds is 4. The summed E-state index contributed by atoms with van der Waals surface area (Å²) in [5.74, 6) is 0. The van der Waals surface area contributed by atoms with Gasteiger partial charge in [-0.1, -0.05) is 158 Å². The van der Waals surface area contributed by atoms with Crippen LogP contribution in [0.5, 0.6) is 0 Å². The average molecular weight is 521 g/mol. The highest BCUT2D eigenvalue weighted by Crippen LogP contribution is 2.41. The van der Waals surface area contributed by atoms with Crippen LogP contribution >= 0.6 is 0 Å². The molecule has 0 aliphatic heterocycles. The molecule has 0 amide bonds. The Morgan fingerprint density at radius 1 is 0.268 bits per heavy atom. The van der Waals surface area contributed by atoms with Crippen LogP contribution in [0.2, 0.25) is 0 Å². The van der Waals surface area contributed by atoms with E-state index >= 15 is 0 Å². The van der Waals surface area contributed by atoms with Crippen molar-refractivity contribution in [1.29, 1.82) is 0 Å². The van der Waals surface area contributed by atoms with E-state index in [0.717, 1.165) is 6.42 Å².